The van der Waals surface area contributed by atoms with Crippen LogP contribution in [0, 0.1) is 20.7 Å². The van der Waals surface area contributed by atoms with Gasteiger partial charge in [-0.05, 0) is 82.8 Å². The van der Waals surface area contributed by atoms with E-state index in [1.807, 2.05) is 6.07 Å². The summed E-state index contributed by atoms with van der Waals surface area (Å²) >= 11 is 14.2. The number of nitrogens with zero attached hydrogens (tertiary/aromatic N) is 1. The van der Waals surface area contributed by atoms with E-state index in [0.29, 0.717) is 36.4 Å². The SMILES string of the molecule is COc1cc(/C=C(/C#N)C(=O)Nc2ccc(F)cc2)cc(I)c1OCc1ccc(Cl)cc1Cl. The van der Waals surface area contributed by atoms with Crippen molar-refractivity contribution in [3.05, 3.63) is 90.7 Å². The number of anilines is 1. The summed E-state index contributed by atoms with van der Waals surface area (Å²) in [5.74, 6) is -0.118. The Kier molecular flexibility index (Phi) is 8.55. The number of benzene rings is 3. The minimum Gasteiger partial charge on any atom is -0.493 e. The molecule has 0 aliphatic rings. The van der Waals surface area contributed by atoms with Crippen LogP contribution in [0.4, 0.5) is 10.1 Å². The number of nitriles is 1. The van der Waals surface area contributed by atoms with Crippen molar-refractivity contribution in [2.75, 3.05) is 12.4 Å². The molecule has 0 aliphatic heterocycles. The van der Waals surface area contributed by atoms with Gasteiger partial charge in [0, 0.05) is 21.3 Å². The van der Waals surface area contributed by atoms with E-state index in [1.54, 1.807) is 30.3 Å². The van der Waals surface area contributed by atoms with Gasteiger partial charge in [-0.1, -0.05) is 29.3 Å². The number of hydrogen-bond acceptors (Lipinski definition) is 4. The summed E-state index contributed by atoms with van der Waals surface area (Å²) in [5.41, 5.74) is 1.57. The Morgan fingerprint density at radius 3 is 2.55 bits per heavy atom. The molecule has 0 atom stereocenters. The molecule has 3 aromatic carbocycles. The normalized spacial score (nSPS) is 11.0. The van der Waals surface area contributed by atoms with Gasteiger partial charge in [0.25, 0.3) is 5.91 Å². The zero-order chi connectivity index (χ0) is 24.0. The number of nitrogens with one attached hydrogen (secondary N) is 1. The first-order valence-corrected chi connectivity index (χ1v) is 11.3. The largest absolute Gasteiger partial charge is 0.493 e. The third-order valence-corrected chi connectivity index (χ3v) is 5.81. The van der Waals surface area contributed by atoms with Crippen LogP contribution < -0.4 is 14.8 Å². The van der Waals surface area contributed by atoms with Crippen LogP contribution in [0.25, 0.3) is 6.08 Å². The quantitative estimate of drug-likeness (QED) is 0.184. The minimum absolute atomic E-state index is 0.126. The van der Waals surface area contributed by atoms with Crippen LogP contribution in [-0.2, 0) is 11.4 Å². The summed E-state index contributed by atoms with van der Waals surface area (Å²) in [6.45, 7) is 0.196. The van der Waals surface area contributed by atoms with Gasteiger partial charge in [0.2, 0.25) is 0 Å². The molecule has 1 amide bonds. The number of hydrogen-bond donors (Lipinski definition) is 1. The molecule has 3 aromatic rings. The second-order valence-corrected chi connectivity index (χ2v) is 8.70. The van der Waals surface area contributed by atoms with Crippen molar-refractivity contribution in [1.82, 2.24) is 0 Å². The van der Waals surface area contributed by atoms with Crippen molar-refractivity contribution in [2.45, 2.75) is 6.61 Å². The molecule has 168 valence electrons. The van der Waals surface area contributed by atoms with Crippen LogP contribution in [0.1, 0.15) is 11.1 Å². The van der Waals surface area contributed by atoms with Crippen LogP contribution in [0.3, 0.4) is 0 Å². The Bertz CT molecular complexity index is 1260. The molecule has 5 nitrogen and oxygen atoms in total. The van der Waals surface area contributed by atoms with E-state index < -0.39 is 11.7 Å². The molecule has 3 rings (SSSR count). The van der Waals surface area contributed by atoms with Crippen molar-refractivity contribution in [3.8, 4) is 17.6 Å². The Hall–Kier alpha value is -2.80. The maximum absolute atomic E-state index is 13.1. The molecule has 0 aliphatic carbocycles. The van der Waals surface area contributed by atoms with Crippen molar-refractivity contribution in [2.24, 2.45) is 0 Å². The molecule has 0 bridgehead atoms. The Labute approximate surface area is 213 Å². The average Bonchev–Trinajstić information content (AvgIpc) is 2.78. The number of halogens is 4. The van der Waals surface area contributed by atoms with Crippen LogP contribution in [0.2, 0.25) is 10.0 Å². The molecular formula is C24H16Cl2FIN2O3. The average molecular weight is 597 g/mol. The van der Waals surface area contributed by atoms with Crippen LogP contribution in [0.5, 0.6) is 11.5 Å². The van der Waals surface area contributed by atoms with Gasteiger partial charge in [-0.25, -0.2) is 4.39 Å². The van der Waals surface area contributed by atoms with E-state index in [0.717, 1.165) is 5.56 Å². The molecule has 0 heterocycles. The zero-order valence-corrected chi connectivity index (χ0v) is 20.8. The van der Waals surface area contributed by atoms with Gasteiger partial charge < -0.3 is 14.8 Å². The van der Waals surface area contributed by atoms with Gasteiger partial charge in [-0.15, -0.1) is 0 Å². The standard InChI is InChI=1S/C24H16Cl2FIN2O3/c1-32-22-10-14(8-16(12-29)24(31)30-19-6-4-18(27)5-7-19)9-21(28)23(22)33-13-15-2-3-17(25)11-20(15)26/h2-11H,13H2,1H3,(H,30,31)/b16-8-. The lowest BCUT2D eigenvalue weighted by Gasteiger charge is -2.14. The summed E-state index contributed by atoms with van der Waals surface area (Å²) in [5, 5.41) is 13.1. The number of carbonyl (C=O) groups excluding carboxylic acids is 1. The Morgan fingerprint density at radius 2 is 1.91 bits per heavy atom. The summed E-state index contributed by atoms with van der Waals surface area (Å²) < 4.78 is 25.1. The summed E-state index contributed by atoms with van der Waals surface area (Å²) in [4.78, 5) is 12.5. The van der Waals surface area contributed by atoms with Gasteiger partial charge in [-0.3, -0.25) is 4.79 Å². The van der Waals surface area contributed by atoms with Crippen LogP contribution in [-0.4, -0.2) is 13.0 Å². The second kappa shape index (κ2) is 11.4. The van der Waals surface area contributed by atoms with Gasteiger partial charge in [-0.2, -0.15) is 5.26 Å². The molecule has 33 heavy (non-hydrogen) atoms. The number of rotatable bonds is 7. The third kappa shape index (κ3) is 6.60. The fourth-order valence-electron chi connectivity index (χ4n) is 2.80. The maximum atomic E-state index is 13.1. The van der Waals surface area contributed by atoms with Gasteiger partial charge in [0.05, 0.1) is 10.7 Å². The first-order valence-electron chi connectivity index (χ1n) is 9.43. The predicted molar refractivity (Wildman–Crippen MR) is 135 cm³/mol. The summed E-state index contributed by atoms with van der Waals surface area (Å²) in [7, 11) is 1.49. The molecule has 0 unspecified atom stereocenters. The molecule has 0 fully saturated rings. The summed E-state index contributed by atoms with van der Waals surface area (Å²) in [6.07, 6.45) is 1.43. The smallest absolute Gasteiger partial charge is 0.266 e. The van der Waals surface area contributed by atoms with E-state index in [-0.39, 0.29) is 12.2 Å². The van der Waals surface area contributed by atoms with E-state index >= 15 is 0 Å². The van der Waals surface area contributed by atoms with Crippen LogP contribution in [0.15, 0.2) is 60.2 Å². The molecule has 0 aromatic heterocycles. The van der Waals surface area contributed by atoms with Crippen molar-refractivity contribution >= 4 is 63.5 Å². The maximum Gasteiger partial charge on any atom is 0.266 e. The lowest BCUT2D eigenvalue weighted by Crippen LogP contribution is -2.13. The highest BCUT2D eigenvalue weighted by Crippen LogP contribution is 2.36. The lowest BCUT2D eigenvalue weighted by atomic mass is 10.1. The van der Waals surface area contributed by atoms with Crippen molar-refractivity contribution < 1.29 is 18.7 Å². The molecule has 0 saturated carbocycles. The number of ether oxygens (including phenoxy) is 2. The second-order valence-electron chi connectivity index (χ2n) is 6.69. The third-order valence-electron chi connectivity index (χ3n) is 4.42. The molecule has 1 N–H and O–H groups in total. The Balaban J connectivity index is 1.82. The van der Waals surface area contributed by atoms with Gasteiger partial charge >= 0.3 is 0 Å². The first kappa shape index (κ1) is 24.8. The number of methoxy groups -OCH3 is 1. The van der Waals surface area contributed by atoms with E-state index in [1.165, 1.54) is 37.5 Å². The van der Waals surface area contributed by atoms with E-state index in [2.05, 4.69) is 27.9 Å². The highest BCUT2D eigenvalue weighted by molar-refractivity contribution is 14.1. The molecular weight excluding hydrogens is 581 g/mol. The fourth-order valence-corrected chi connectivity index (χ4v) is 4.04. The van der Waals surface area contributed by atoms with Crippen molar-refractivity contribution in [1.29, 1.82) is 5.26 Å². The lowest BCUT2D eigenvalue weighted by molar-refractivity contribution is -0.112. The van der Waals surface area contributed by atoms with Crippen molar-refractivity contribution in [3.63, 3.8) is 0 Å². The zero-order valence-electron chi connectivity index (χ0n) is 17.2. The monoisotopic (exact) mass is 596 g/mol. The van der Waals surface area contributed by atoms with Gasteiger partial charge in [0.15, 0.2) is 11.5 Å². The van der Waals surface area contributed by atoms with Crippen LogP contribution >= 0.6 is 45.8 Å². The fraction of sp³-hybridized carbons (Fsp3) is 0.0833. The molecule has 0 radical (unpaired) electrons. The summed E-state index contributed by atoms with van der Waals surface area (Å²) in [6, 6.07) is 15.7. The number of carbonyl (C=O) groups is 1. The van der Waals surface area contributed by atoms with E-state index in [4.69, 9.17) is 32.7 Å². The predicted octanol–water partition coefficient (Wildman–Crippen LogP) is 6.87. The first-order chi connectivity index (χ1) is 15.8. The Morgan fingerprint density at radius 1 is 1.18 bits per heavy atom. The highest BCUT2D eigenvalue weighted by atomic mass is 127. The van der Waals surface area contributed by atoms with E-state index in [9.17, 15) is 14.4 Å². The molecule has 0 spiro atoms. The number of amides is 1. The molecule has 0 saturated heterocycles. The molecule has 9 heteroatoms. The highest BCUT2D eigenvalue weighted by Gasteiger charge is 2.15. The van der Waals surface area contributed by atoms with Gasteiger partial charge in [0.1, 0.15) is 24.1 Å². The minimum atomic E-state index is -0.615. The topological polar surface area (TPSA) is 71.3 Å².